The highest BCUT2D eigenvalue weighted by atomic mass is 32.2. The lowest BCUT2D eigenvalue weighted by Crippen LogP contribution is -2.70. The van der Waals surface area contributed by atoms with Crippen molar-refractivity contribution in [1.82, 2.24) is 15.1 Å². The van der Waals surface area contributed by atoms with E-state index in [0.717, 1.165) is 28.0 Å². The minimum Gasteiger partial charge on any atom is -0.507 e. The number of carbonyl (C=O) groups excluding carboxylic acids is 4. The van der Waals surface area contributed by atoms with Crippen LogP contribution in [0.3, 0.4) is 0 Å². The van der Waals surface area contributed by atoms with Crippen molar-refractivity contribution in [1.29, 1.82) is 5.26 Å². The number of hydrogen-bond acceptors (Lipinski definition) is 12. The number of nitriles is 1. The molecule has 318 valence electrons. The molecule has 6 atom stereocenters. The Morgan fingerprint density at radius 2 is 1.66 bits per heavy atom. The Bertz CT molecular complexity index is 2420. The van der Waals surface area contributed by atoms with Gasteiger partial charge in [-0.3, -0.25) is 19.4 Å². The molecule has 0 radical (unpaired) electrons. The van der Waals surface area contributed by atoms with Gasteiger partial charge in [0.2, 0.25) is 11.6 Å². The fourth-order valence-electron chi connectivity index (χ4n) is 10.5. The number of esters is 1. The van der Waals surface area contributed by atoms with E-state index in [9.17, 15) is 29.5 Å². The Morgan fingerprint density at radius 3 is 2.28 bits per heavy atom. The number of aliphatic hydroxyl groups excluding tert-OH is 1. The summed E-state index contributed by atoms with van der Waals surface area (Å²) in [6, 6.07) is 17.1. The summed E-state index contributed by atoms with van der Waals surface area (Å²) in [5, 5.41) is 25.3. The van der Waals surface area contributed by atoms with E-state index in [2.05, 4.69) is 46.6 Å². The van der Waals surface area contributed by atoms with E-state index in [4.69, 9.17) is 14.2 Å². The smallest absolute Gasteiger partial charge is 0.408 e. The summed E-state index contributed by atoms with van der Waals surface area (Å²) in [5.74, 6) is -1.06. The number of aryl methyl sites for hydroxylation is 1. The van der Waals surface area contributed by atoms with Crippen LogP contribution in [0.15, 0.2) is 77.1 Å². The maximum absolute atomic E-state index is 14.4. The second-order valence-corrected chi connectivity index (χ2v) is 18.8. The number of alkyl carbamates (subject to hydrolysis) is 1. The molecule has 3 aromatic carbocycles. The minimum atomic E-state index is -1.15. The summed E-state index contributed by atoms with van der Waals surface area (Å²) in [5.41, 5.74) is 8.32. The lowest BCUT2D eigenvalue weighted by Gasteiger charge is -2.60. The molecule has 1 unspecified atom stereocenters. The van der Waals surface area contributed by atoms with Crippen LogP contribution in [0.5, 0.6) is 5.75 Å². The molecule has 1 fully saturated rings. The third-order valence-electron chi connectivity index (χ3n) is 13.1. The van der Waals surface area contributed by atoms with E-state index in [1.54, 1.807) is 27.9 Å². The summed E-state index contributed by atoms with van der Waals surface area (Å²) in [6.07, 6.45) is -0.0757. The lowest BCUT2D eigenvalue weighted by molar-refractivity contribution is -0.150. The average molecular weight is 845 g/mol. The number of Topliss-reactive ketones (excluding diaryl/α,β-unsaturated/α-hetero) is 2. The molecule has 1 saturated heterocycles. The molecular formula is C48H52N4O8S. The molecule has 13 heteroatoms. The van der Waals surface area contributed by atoms with Crippen LogP contribution in [0, 0.1) is 25.2 Å². The fourth-order valence-corrected chi connectivity index (χ4v) is 11.7. The Balaban J connectivity index is 1.12. The van der Waals surface area contributed by atoms with E-state index >= 15 is 0 Å². The number of aliphatic hydroxyl groups is 1. The summed E-state index contributed by atoms with van der Waals surface area (Å²) < 4.78 is 17.6. The Kier molecular flexibility index (Phi) is 11.2. The van der Waals surface area contributed by atoms with Gasteiger partial charge in [0, 0.05) is 46.2 Å². The maximum atomic E-state index is 14.4. The number of fused-ring (bicyclic) bond motifs is 9. The summed E-state index contributed by atoms with van der Waals surface area (Å²) in [6.45, 7) is 10.2. The van der Waals surface area contributed by atoms with Crippen LogP contribution in [0.2, 0.25) is 0 Å². The number of ketones is 2. The molecular weight excluding hydrogens is 793 g/mol. The molecule has 5 aliphatic rings. The number of rotatable bonds is 9. The van der Waals surface area contributed by atoms with Gasteiger partial charge in [0.25, 0.3) is 0 Å². The van der Waals surface area contributed by atoms with E-state index in [-0.39, 0.29) is 47.1 Å². The number of benzene rings is 3. The number of methoxy groups -OCH3 is 1. The molecule has 2 N–H and O–H groups in total. The Hall–Kier alpha value is -5.42. The lowest BCUT2D eigenvalue weighted by atomic mass is 9.69. The predicted molar refractivity (Wildman–Crippen MR) is 231 cm³/mol. The van der Waals surface area contributed by atoms with Crippen LogP contribution in [-0.2, 0) is 30.3 Å². The van der Waals surface area contributed by atoms with Crippen LogP contribution in [0.1, 0.15) is 79.5 Å². The molecule has 1 amide bonds. The first-order chi connectivity index (χ1) is 29.1. The van der Waals surface area contributed by atoms with Crippen molar-refractivity contribution in [3.63, 3.8) is 0 Å². The van der Waals surface area contributed by atoms with Crippen LogP contribution < -0.4 is 10.1 Å². The van der Waals surface area contributed by atoms with Gasteiger partial charge in [0.15, 0.2) is 0 Å². The van der Waals surface area contributed by atoms with Crippen LogP contribution in [0.25, 0.3) is 11.1 Å². The van der Waals surface area contributed by atoms with E-state index in [0.29, 0.717) is 17.7 Å². The van der Waals surface area contributed by atoms with Crippen LogP contribution in [-0.4, -0.2) is 107 Å². The van der Waals surface area contributed by atoms with Crippen molar-refractivity contribution in [2.75, 3.05) is 32.3 Å². The van der Waals surface area contributed by atoms with Gasteiger partial charge >= 0.3 is 12.1 Å². The van der Waals surface area contributed by atoms with E-state index in [1.165, 1.54) is 40.9 Å². The first-order valence-electron chi connectivity index (χ1n) is 20.8. The highest BCUT2D eigenvalue weighted by molar-refractivity contribution is 7.99. The number of ether oxygens (including phenoxy) is 3. The van der Waals surface area contributed by atoms with Gasteiger partial charge in [-0.1, -0.05) is 54.6 Å². The number of allylic oxidation sites excluding steroid dienone is 2. The molecule has 0 aromatic heterocycles. The SMILES string of the molecule is COc1c(C)cc2c(c1C)C1[C@@H]3CC4=C(C(=O)C(=O)C(C)=C4O)[C@H](COC(=O)[C@@H](CSCC4c5ccccc5-c5ccccc54)NC(=O)OC(C)(C)C)N3[C@@H](C#N)[C@H](C2)N1C. The monoisotopic (exact) mass is 844 g/mol. The van der Waals surface area contributed by atoms with E-state index in [1.807, 2.05) is 50.1 Å². The predicted octanol–water partition coefficient (Wildman–Crippen LogP) is 6.82. The molecule has 12 nitrogen and oxygen atoms in total. The number of likely N-dealkylation sites (N-methyl/N-ethyl adjacent to an activating group) is 1. The molecule has 0 spiro atoms. The quantitative estimate of drug-likeness (QED) is 0.132. The van der Waals surface area contributed by atoms with Gasteiger partial charge in [-0.05, 0) is 106 Å². The molecule has 2 aliphatic carbocycles. The van der Waals surface area contributed by atoms with Crippen LogP contribution in [0.4, 0.5) is 4.79 Å². The second kappa shape index (κ2) is 16.1. The zero-order valence-corrected chi connectivity index (χ0v) is 36.6. The number of nitrogens with zero attached hydrogens (tertiary/aromatic N) is 3. The van der Waals surface area contributed by atoms with Gasteiger partial charge in [0.1, 0.15) is 35.8 Å². The number of carbonyl (C=O) groups is 4. The number of hydrogen-bond donors (Lipinski definition) is 2. The Morgan fingerprint density at radius 1 is 1.00 bits per heavy atom. The zero-order valence-electron chi connectivity index (χ0n) is 35.8. The third kappa shape index (κ3) is 7.22. The average Bonchev–Trinajstić information content (AvgIpc) is 3.53. The fraction of sp³-hybridized carbons (Fsp3) is 0.438. The molecule has 3 heterocycles. The van der Waals surface area contributed by atoms with Crippen molar-refractivity contribution < 1.29 is 38.5 Å². The summed E-state index contributed by atoms with van der Waals surface area (Å²) in [7, 11) is 3.64. The van der Waals surface area contributed by atoms with Gasteiger partial charge in [-0.15, -0.1) is 0 Å². The maximum Gasteiger partial charge on any atom is 0.408 e. The van der Waals surface area contributed by atoms with Crippen molar-refractivity contribution in [3.05, 3.63) is 110 Å². The molecule has 8 rings (SSSR count). The second-order valence-electron chi connectivity index (χ2n) is 17.7. The zero-order chi connectivity index (χ0) is 43.7. The third-order valence-corrected chi connectivity index (χ3v) is 14.2. The van der Waals surface area contributed by atoms with Gasteiger partial charge in [-0.25, -0.2) is 9.59 Å². The molecule has 0 saturated carbocycles. The van der Waals surface area contributed by atoms with Crippen molar-refractivity contribution in [2.45, 2.75) is 102 Å². The van der Waals surface area contributed by atoms with E-state index < -0.39 is 60.0 Å². The highest BCUT2D eigenvalue weighted by Crippen LogP contribution is 2.52. The van der Waals surface area contributed by atoms with Gasteiger partial charge < -0.3 is 24.6 Å². The molecule has 2 bridgehead atoms. The first-order valence-corrected chi connectivity index (χ1v) is 21.9. The number of nitrogens with one attached hydrogen (secondary N) is 1. The van der Waals surface area contributed by atoms with Crippen molar-refractivity contribution in [3.8, 4) is 22.9 Å². The van der Waals surface area contributed by atoms with Gasteiger partial charge in [0.05, 0.1) is 25.3 Å². The number of piperazine rings is 1. The van der Waals surface area contributed by atoms with Crippen molar-refractivity contribution >= 4 is 35.4 Å². The number of amides is 1. The van der Waals surface area contributed by atoms with Gasteiger partial charge in [-0.2, -0.15) is 17.0 Å². The topological polar surface area (TPSA) is 158 Å². The van der Waals surface area contributed by atoms with Crippen molar-refractivity contribution in [2.24, 2.45) is 0 Å². The summed E-state index contributed by atoms with van der Waals surface area (Å²) >= 11 is 1.50. The standard InChI is InChI=1S/C48H52N4O8S/c1-24-17-27-18-35-37(20-49)52-36(41(51(35)7)39(27)25(2)45(24)58-8)19-32-40(44(55)43(54)26(3)42(32)53)38(52)21-59-46(56)34(50-47(57)60-48(4,5)6)23-61-22-33-30-15-11-9-13-28(30)29-14-10-12-16-31(29)33/h9-17,33-38,41,53H,18-19,21-23H2,1-8H3,(H,50,57)/t34-,35+,36+,37+,38+,41?/m1/s1. The largest absolute Gasteiger partial charge is 0.507 e. The first kappa shape index (κ1) is 42.3. The Labute approximate surface area is 360 Å². The van der Waals surface area contributed by atoms with Crippen LogP contribution >= 0.6 is 11.8 Å². The highest BCUT2D eigenvalue weighted by Gasteiger charge is 2.57. The summed E-state index contributed by atoms with van der Waals surface area (Å²) in [4.78, 5) is 59.2. The molecule has 3 aromatic rings. The normalized spacial score (nSPS) is 23.9. The molecule has 3 aliphatic heterocycles. The number of thioether (sulfide) groups is 1. The minimum absolute atomic E-state index is 0.0306. The molecule has 61 heavy (non-hydrogen) atoms.